The number of amides is 1. The van der Waals surface area contributed by atoms with Crippen molar-refractivity contribution < 1.29 is 9.90 Å². The first-order valence-corrected chi connectivity index (χ1v) is 6.02. The van der Waals surface area contributed by atoms with Gasteiger partial charge in [0.25, 0.3) is 0 Å². The van der Waals surface area contributed by atoms with Gasteiger partial charge in [0.1, 0.15) is 0 Å². The predicted octanol–water partition coefficient (Wildman–Crippen LogP) is 0.639. The zero-order valence-corrected chi connectivity index (χ0v) is 10.5. The van der Waals surface area contributed by atoms with Crippen LogP contribution in [0.4, 0.5) is 0 Å². The number of hydrogen-bond acceptors (Lipinski definition) is 3. The van der Waals surface area contributed by atoms with Crippen LogP contribution in [-0.2, 0) is 4.79 Å². The number of carbonyl (C=O) groups excluding carboxylic acids is 1. The number of rotatable bonds is 6. The summed E-state index contributed by atoms with van der Waals surface area (Å²) >= 11 is 0. The molecule has 94 valence electrons. The van der Waals surface area contributed by atoms with E-state index < -0.39 is 5.60 Å². The highest BCUT2D eigenvalue weighted by Gasteiger charge is 2.48. The van der Waals surface area contributed by atoms with Crippen LogP contribution in [-0.4, -0.2) is 29.7 Å². The van der Waals surface area contributed by atoms with Gasteiger partial charge in [0.15, 0.2) is 0 Å². The van der Waals surface area contributed by atoms with Crippen molar-refractivity contribution in [3.8, 4) is 0 Å². The molecule has 1 saturated carbocycles. The lowest BCUT2D eigenvalue weighted by atomic mass is 9.94. The fourth-order valence-electron chi connectivity index (χ4n) is 2.08. The summed E-state index contributed by atoms with van der Waals surface area (Å²) in [5.41, 5.74) is 4.42. The number of aliphatic hydroxyl groups is 1. The van der Waals surface area contributed by atoms with Gasteiger partial charge in [-0.2, -0.15) is 0 Å². The molecule has 1 aliphatic rings. The van der Waals surface area contributed by atoms with Gasteiger partial charge in [-0.3, -0.25) is 4.79 Å². The lowest BCUT2D eigenvalue weighted by Gasteiger charge is -2.26. The van der Waals surface area contributed by atoms with E-state index in [1.54, 1.807) is 6.92 Å². The van der Waals surface area contributed by atoms with Gasteiger partial charge in [-0.15, -0.1) is 0 Å². The molecule has 0 radical (unpaired) electrons. The third-order valence-corrected chi connectivity index (χ3v) is 3.20. The van der Waals surface area contributed by atoms with Gasteiger partial charge in [-0.25, -0.2) is 0 Å². The molecule has 4 nitrogen and oxygen atoms in total. The Morgan fingerprint density at radius 1 is 1.56 bits per heavy atom. The van der Waals surface area contributed by atoms with Crippen LogP contribution >= 0.6 is 0 Å². The molecule has 0 aromatic heterocycles. The van der Waals surface area contributed by atoms with Crippen LogP contribution in [0, 0.1) is 11.3 Å². The second-order valence-electron chi connectivity index (χ2n) is 5.76. The molecule has 4 N–H and O–H groups in total. The zero-order valence-electron chi connectivity index (χ0n) is 10.5. The van der Waals surface area contributed by atoms with Crippen molar-refractivity contribution in [3.63, 3.8) is 0 Å². The quantitative estimate of drug-likeness (QED) is 0.624. The number of carbonyl (C=O) groups is 1. The number of nitrogens with one attached hydrogen (secondary N) is 1. The molecule has 1 amide bonds. The molecule has 0 bridgehead atoms. The van der Waals surface area contributed by atoms with Gasteiger partial charge in [0.05, 0.1) is 11.0 Å². The minimum absolute atomic E-state index is 0.000897. The normalized spacial score (nSPS) is 21.6. The highest BCUT2D eigenvalue weighted by molar-refractivity contribution is 5.85. The zero-order chi connectivity index (χ0) is 12.4. The monoisotopic (exact) mass is 228 g/mol. The first-order valence-electron chi connectivity index (χ1n) is 6.02. The molecule has 1 atom stereocenters. The van der Waals surface area contributed by atoms with Gasteiger partial charge < -0.3 is 16.2 Å². The van der Waals surface area contributed by atoms with Crippen LogP contribution in [0.1, 0.15) is 40.0 Å². The molecule has 0 heterocycles. The topological polar surface area (TPSA) is 75.3 Å². The van der Waals surface area contributed by atoms with Crippen LogP contribution in [0.25, 0.3) is 0 Å². The summed E-state index contributed by atoms with van der Waals surface area (Å²) in [7, 11) is 0. The van der Waals surface area contributed by atoms with Crippen molar-refractivity contribution in [1.29, 1.82) is 0 Å². The van der Waals surface area contributed by atoms with Crippen LogP contribution in [0.2, 0.25) is 0 Å². The second kappa shape index (κ2) is 4.72. The average Bonchev–Trinajstić information content (AvgIpc) is 2.93. The highest BCUT2D eigenvalue weighted by atomic mass is 16.3. The molecule has 1 fully saturated rings. The summed E-state index contributed by atoms with van der Waals surface area (Å²) in [4.78, 5) is 11.8. The number of hydrogen-bond donors (Lipinski definition) is 3. The van der Waals surface area contributed by atoms with E-state index in [4.69, 9.17) is 5.73 Å². The largest absolute Gasteiger partial charge is 0.388 e. The molecule has 4 heteroatoms. The van der Waals surface area contributed by atoms with E-state index in [0.717, 1.165) is 12.8 Å². The molecular weight excluding hydrogens is 204 g/mol. The van der Waals surface area contributed by atoms with Crippen molar-refractivity contribution in [3.05, 3.63) is 0 Å². The maximum absolute atomic E-state index is 11.8. The Morgan fingerprint density at radius 3 is 2.50 bits per heavy atom. The summed E-state index contributed by atoms with van der Waals surface area (Å²) < 4.78 is 0. The molecule has 1 rings (SSSR count). The van der Waals surface area contributed by atoms with E-state index in [1.165, 1.54) is 0 Å². The van der Waals surface area contributed by atoms with Gasteiger partial charge in [-0.05, 0) is 32.1 Å². The van der Waals surface area contributed by atoms with E-state index in [2.05, 4.69) is 19.2 Å². The Hall–Kier alpha value is -0.610. The highest BCUT2D eigenvalue weighted by Crippen LogP contribution is 2.44. The van der Waals surface area contributed by atoms with E-state index >= 15 is 0 Å². The van der Waals surface area contributed by atoms with Crippen molar-refractivity contribution >= 4 is 5.91 Å². The van der Waals surface area contributed by atoms with Crippen LogP contribution in [0.3, 0.4) is 0 Å². The predicted molar refractivity (Wildman–Crippen MR) is 63.8 cm³/mol. The van der Waals surface area contributed by atoms with E-state index in [0.29, 0.717) is 25.4 Å². The lowest BCUT2D eigenvalue weighted by molar-refractivity contribution is -0.127. The summed E-state index contributed by atoms with van der Waals surface area (Å²) in [6.07, 6.45) is 2.44. The van der Waals surface area contributed by atoms with Crippen LogP contribution in [0.5, 0.6) is 0 Å². The van der Waals surface area contributed by atoms with Crippen molar-refractivity contribution in [2.75, 3.05) is 13.1 Å². The van der Waals surface area contributed by atoms with Crippen LogP contribution in [0.15, 0.2) is 0 Å². The first kappa shape index (κ1) is 13.5. The Kier molecular flexibility index (Phi) is 3.97. The van der Waals surface area contributed by atoms with Gasteiger partial charge in [0, 0.05) is 13.1 Å². The lowest BCUT2D eigenvalue weighted by Crippen LogP contribution is -2.45. The minimum atomic E-state index is -0.825. The second-order valence-corrected chi connectivity index (χ2v) is 5.76. The Labute approximate surface area is 97.6 Å². The Morgan fingerprint density at radius 2 is 2.12 bits per heavy atom. The molecular formula is C12H24N2O2. The summed E-state index contributed by atoms with van der Waals surface area (Å²) in [5, 5.41) is 12.9. The third kappa shape index (κ3) is 3.46. The average molecular weight is 228 g/mol. The third-order valence-electron chi connectivity index (χ3n) is 3.20. The van der Waals surface area contributed by atoms with Gasteiger partial charge in [0.2, 0.25) is 5.91 Å². The number of nitrogens with two attached hydrogens (primary N) is 1. The maximum Gasteiger partial charge on any atom is 0.227 e. The standard InChI is InChI=1S/C12H24N2O2/c1-9(2)6-11(3,16)8-14-10(15)12(7-13)4-5-12/h9,16H,4-8,13H2,1-3H3,(H,14,15). The van der Waals surface area contributed by atoms with E-state index in [1.807, 2.05) is 0 Å². The smallest absolute Gasteiger partial charge is 0.227 e. The van der Waals surface area contributed by atoms with Crippen molar-refractivity contribution in [2.24, 2.45) is 17.1 Å². The molecule has 0 aromatic carbocycles. The van der Waals surface area contributed by atoms with Crippen LogP contribution < -0.4 is 11.1 Å². The van der Waals surface area contributed by atoms with Gasteiger partial charge in [-0.1, -0.05) is 13.8 Å². The van der Waals surface area contributed by atoms with Gasteiger partial charge >= 0.3 is 0 Å². The summed E-state index contributed by atoms with van der Waals surface area (Å²) in [5.74, 6) is 0.412. The van der Waals surface area contributed by atoms with E-state index in [-0.39, 0.29) is 11.3 Å². The summed E-state index contributed by atoms with van der Waals surface area (Å²) in [6, 6.07) is 0. The maximum atomic E-state index is 11.8. The Balaban J connectivity index is 2.36. The molecule has 1 aliphatic carbocycles. The first-order chi connectivity index (χ1) is 7.31. The summed E-state index contributed by atoms with van der Waals surface area (Å²) in [6.45, 7) is 6.59. The molecule has 1 unspecified atom stereocenters. The minimum Gasteiger partial charge on any atom is -0.388 e. The molecule has 0 spiro atoms. The molecule has 0 saturated heterocycles. The molecule has 0 aromatic rings. The van der Waals surface area contributed by atoms with Crippen molar-refractivity contribution in [2.45, 2.75) is 45.6 Å². The molecule has 16 heavy (non-hydrogen) atoms. The fraction of sp³-hybridized carbons (Fsp3) is 0.917. The Bertz CT molecular complexity index is 258. The van der Waals surface area contributed by atoms with Crippen molar-refractivity contribution in [1.82, 2.24) is 5.32 Å². The molecule has 0 aliphatic heterocycles. The SMILES string of the molecule is CC(C)CC(C)(O)CNC(=O)C1(CN)CC1. The van der Waals surface area contributed by atoms with E-state index in [9.17, 15) is 9.90 Å². The fourth-order valence-corrected chi connectivity index (χ4v) is 2.08.